The molecule has 0 amide bonds. The van der Waals surface area contributed by atoms with Crippen molar-refractivity contribution in [2.75, 3.05) is 11.9 Å². The van der Waals surface area contributed by atoms with E-state index in [1.54, 1.807) is 0 Å². The lowest BCUT2D eigenvalue weighted by Gasteiger charge is -2.21. The van der Waals surface area contributed by atoms with Crippen LogP contribution in [0, 0.1) is 0 Å². The molecule has 0 fully saturated rings. The highest BCUT2D eigenvalue weighted by Gasteiger charge is 2.15. The predicted octanol–water partition coefficient (Wildman–Crippen LogP) is 3.32. The highest BCUT2D eigenvalue weighted by atomic mass is 15.3. The number of hydrogen-bond donors (Lipinski definition) is 1. The minimum absolute atomic E-state index is 0.986. The Balaban J connectivity index is 2.08. The highest BCUT2D eigenvalue weighted by molar-refractivity contribution is 5.72. The maximum atomic E-state index is 4.43. The van der Waals surface area contributed by atoms with Gasteiger partial charge in [-0.25, -0.2) is 0 Å². The first kappa shape index (κ1) is 11.3. The minimum atomic E-state index is 0.986. The molecule has 1 aliphatic heterocycles. The molecule has 0 unspecified atom stereocenters. The Labute approximate surface area is 108 Å². The lowest BCUT2D eigenvalue weighted by atomic mass is 9.96. The molecule has 1 aromatic heterocycles. The molecule has 2 aromatic rings. The van der Waals surface area contributed by atoms with Crippen LogP contribution in [0.25, 0.3) is 11.3 Å². The second-order valence-corrected chi connectivity index (χ2v) is 4.80. The smallest absolute Gasteiger partial charge is 0.0685 e. The number of hydrogen-bond acceptors (Lipinski definition) is 2. The Bertz CT molecular complexity index is 542. The van der Waals surface area contributed by atoms with Crippen LogP contribution in [0.4, 0.5) is 5.69 Å². The quantitative estimate of drug-likeness (QED) is 0.893. The van der Waals surface area contributed by atoms with E-state index in [4.69, 9.17) is 0 Å². The molecule has 0 saturated carbocycles. The number of benzene rings is 1. The van der Waals surface area contributed by atoms with Crippen molar-refractivity contribution >= 4 is 5.69 Å². The maximum Gasteiger partial charge on any atom is 0.0685 e. The van der Waals surface area contributed by atoms with Gasteiger partial charge in [0.15, 0.2) is 0 Å². The van der Waals surface area contributed by atoms with Crippen molar-refractivity contribution in [2.24, 2.45) is 0 Å². The molecule has 0 aliphatic carbocycles. The van der Waals surface area contributed by atoms with Crippen molar-refractivity contribution in [3.05, 3.63) is 36.0 Å². The summed E-state index contributed by atoms with van der Waals surface area (Å²) in [6.07, 6.45) is 5.39. The largest absolute Gasteiger partial charge is 0.385 e. The summed E-state index contributed by atoms with van der Waals surface area (Å²) < 4.78 is 2.12. The average molecular weight is 241 g/mol. The van der Waals surface area contributed by atoms with Gasteiger partial charge in [-0.3, -0.25) is 4.68 Å². The minimum Gasteiger partial charge on any atom is -0.385 e. The van der Waals surface area contributed by atoms with E-state index in [2.05, 4.69) is 46.3 Å². The van der Waals surface area contributed by atoms with Crippen LogP contribution in [0.1, 0.15) is 25.3 Å². The SMILES string of the molecule is CCCn1nccc1-c1cccc2c1CCCN2. The second-order valence-electron chi connectivity index (χ2n) is 4.80. The van der Waals surface area contributed by atoms with Crippen molar-refractivity contribution < 1.29 is 0 Å². The number of anilines is 1. The van der Waals surface area contributed by atoms with Crippen LogP contribution in [0.2, 0.25) is 0 Å². The van der Waals surface area contributed by atoms with E-state index in [0.29, 0.717) is 0 Å². The van der Waals surface area contributed by atoms with Gasteiger partial charge in [-0.15, -0.1) is 0 Å². The molecule has 1 N–H and O–H groups in total. The Hall–Kier alpha value is -1.77. The number of nitrogens with zero attached hydrogens (tertiary/aromatic N) is 2. The van der Waals surface area contributed by atoms with Gasteiger partial charge in [-0.05, 0) is 37.0 Å². The van der Waals surface area contributed by atoms with Crippen LogP contribution in [0.3, 0.4) is 0 Å². The second kappa shape index (κ2) is 4.84. The van der Waals surface area contributed by atoms with Gasteiger partial charge < -0.3 is 5.32 Å². The van der Waals surface area contributed by atoms with Gasteiger partial charge in [-0.1, -0.05) is 19.1 Å². The summed E-state index contributed by atoms with van der Waals surface area (Å²) in [5.41, 5.74) is 5.33. The van der Waals surface area contributed by atoms with Gasteiger partial charge >= 0.3 is 0 Å². The molecule has 3 nitrogen and oxygen atoms in total. The molecule has 18 heavy (non-hydrogen) atoms. The molecule has 2 heterocycles. The normalized spacial score (nSPS) is 14.1. The van der Waals surface area contributed by atoms with E-state index >= 15 is 0 Å². The van der Waals surface area contributed by atoms with Crippen molar-refractivity contribution in [1.29, 1.82) is 0 Å². The fraction of sp³-hybridized carbons (Fsp3) is 0.400. The topological polar surface area (TPSA) is 29.9 Å². The number of rotatable bonds is 3. The third-order valence-electron chi connectivity index (χ3n) is 3.52. The van der Waals surface area contributed by atoms with Crippen LogP contribution in [0.15, 0.2) is 30.5 Å². The van der Waals surface area contributed by atoms with Crippen molar-refractivity contribution in [3.63, 3.8) is 0 Å². The fourth-order valence-electron chi connectivity index (χ4n) is 2.70. The molecule has 94 valence electrons. The zero-order valence-electron chi connectivity index (χ0n) is 10.8. The summed E-state index contributed by atoms with van der Waals surface area (Å²) in [6, 6.07) is 8.66. The predicted molar refractivity (Wildman–Crippen MR) is 74.8 cm³/mol. The van der Waals surface area contributed by atoms with Crippen molar-refractivity contribution in [2.45, 2.75) is 32.7 Å². The standard InChI is InChI=1S/C15H19N3/c1-2-11-18-15(8-10-17-18)13-5-3-7-14-12(13)6-4-9-16-14/h3,5,7-8,10,16H,2,4,6,9,11H2,1H3. The van der Waals surface area contributed by atoms with Gasteiger partial charge in [0.25, 0.3) is 0 Å². The molecule has 0 atom stereocenters. The number of nitrogens with one attached hydrogen (secondary N) is 1. The molecule has 0 bridgehead atoms. The summed E-state index contributed by atoms with van der Waals surface area (Å²) in [4.78, 5) is 0. The number of fused-ring (bicyclic) bond motifs is 1. The van der Waals surface area contributed by atoms with E-state index in [0.717, 1.165) is 25.9 Å². The van der Waals surface area contributed by atoms with Gasteiger partial charge in [-0.2, -0.15) is 5.10 Å². The third kappa shape index (κ3) is 1.90. The van der Waals surface area contributed by atoms with Gasteiger partial charge in [0.2, 0.25) is 0 Å². The average Bonchev–Trinajstić information content (AvgIpc) is 2.87. The lowest BCUT2D eigenvalue weighted by Crippen LogP contribution is -2.13. The summed E-state index contributed by atoms with van der Waals surface area (Å²) in [5, 5.41) is 7.91. The molecule has 0 spiro atoms. The van der Waals surface area contributed by atoms with E-state index in [-0.39, 0.29) is 0 Å². The van der Waals surface area contributed by atoms with Crippen LogP contribution in [-0.2, 0) is 13.0 Å². The zero-order chi connectivity index (χ0) is 12.4. The molecular weight excluding hydrogens is 222 g/mol. The highest BCUT2D eigenvalue weighted by Crippen LogP contribution is 2.32. The molecule has 1 aromatic carbocycles. The Morgan fingerprint density at radius 2 is 2.28 bits per heavy atom. The van der Waals surface area contributed by atoms with Crippen LogP contribution >= 0.6 is 0 Å². The maximum absolute atomic E-state index is 4.43. The summed E-state index contributed by atoms with van der Waals surface area (Å²) in [7, 11) is 0. The first-order valence-electron chi connectivity index (χ1n) is 6.78. The number of aryl methyl sites for hydroxylation is 1. The summed E-state index contributed by atoms with van der Waals surface area (Å²) >= 11 is 0. The Morgan fingerprint density at radius 3 is 3.17 bits per heavy atom. The Kier molecular flexibility index (Phi) is 3.05. The summed E-state index contributed by atoms with van der Waals surface area (Å²) in [5.74, 6) is 0. The van der Waals surface area contributed by atoms with Gasteiger partial charge in [0, 0.05) is 30.5 Å². The molecule has 3 heteroatoms. The molecular formula is C15H19N3. The van der Waals surface area contributed by atoms with E-state index < -0.39 is 0 Å². The first-order valence-corrected chi connectivity index (χ1v) is 6.78. The van der Waals surface area contributed by atoms with Crippen molar-refractivity contribution in [3.8, 4) is 11.3 Å². The van der Waals surface area contributed by atoms with Gasteiger partial charge in [0.1, 0.15) is 0 Å². The lowest BCUT2D eigenvalue weighted by molar-refractivity contribution is 0.608. The molecule has 0 radical (unpaired) electrons. The van der Waals surface area contributed by atoms with E-state index in [1.165, 1.54) is 28.9 Å². The molecule has 3 rings (SSSR count). The molecule has 0 saturated heterocycles. The first-order chi connectivity index (χ1) is 8.90. The van der Waals surface area contributed by atoms with Crippen molar-refractivity contribution in [1.82, 2.24) is 9.78 Å². The molecule has 1 aliphatic rings. The van der Waals surface area contributed by atoms with Gasteiger partial charge in [0.05, 0.1) is 5.69 Å². The number of aromatic nitrogens is 2. The summed E-state index contributed by atoms with van der Waals surface area (Å²) in [6.45, 7) is 4.26. The van der Waals surface area contributed by atoms with E-state index in [1.807, 2.05) is 6.20 Å². The zero-order valence-corrected chi connectivity index (χ0v) is 10.8. The van der Waals surface area contributed by atoms with E-state index in [9.17, 15) is 0 Å². The third-order valence-corrected chi connectivity index (χ3v) is 3.52. The Morgan fingerprint density at radius 1 is 1.33 bits per heavy atom. The van der Waals surface area contributed by atoms with Crippen LogP contribution in [0.5, 0.6) is 0 Å². The monoisotopic (exact) mass is 241 g/mol. The van der Waals surface area contributed by atoms with Crippen LogP contribution < -0.4 is 5.32 Å². The van der Waals surface area contributed by atoms with Crippen LogP contribution in [-0.4, -0.2) is 16.3 Å². The fourth-order valence-corrected chi connectivity index (χ4v) is 2.70.